The number of benzene rings is 1. The summed E-state index contributed by atoms with van der Waals surface area (Å²) >= 11 is 0. The van der Waals surface area contributed by atoms with Gasteiger partial charge in [0.05, 0.1) is 12.6 Å². The summed E-state index contributed by atoms with van der Waals surface area (Å²) in [6.45, 7) is -0.163. The second-order valence-electron chi connectivity index (χ2n) is 5.76. The fourth-order valence-corrected chi connectivity index (χ4v) is 2.78. The zero-order valence-electron chi connectivity index (χ0n) is 12.8. The van der Waals surface area contributed by atoms with Gasteiger partial charge in [-0.15, -0.1) is 0 Å². The quantitative estimate of drug-likeness (QED) is 0.717. The summed E-state index contributed by atoms with van der Waals surface area (Å²) in [5, 5.41) is 15.1. The van der Waals surface area contributed by atoms with E-state index in [2.05, 4.69) is 10.6 Å². The maximum atomic E-state index is 11.9. The third kappa shape index (κ3) is 5.15. The van der Waals surface area contributed by atoms with E-state index in [1.54, 1.807) is 0 Å². The van der Waals surface area contributed by atoms with Crippen LogP contribution < -0.4 is 10.6 Å². The number of aliphatic hydroxyl groups is 1. The number of hydrogen-bond acceptors (Lipinski definition) is 3. The normalized spacial score (nSPS) is 16.2. The molecule has 0 saturated heterocycles. The molecule has 120 valence electrons. The van der Waals surface area contributed by atoms with Gasteiger partial charge in [-0.05, 0) is 18.4 Å². The van der Waals surface area contributed by atoms with Gasteiger partial charge in [-0.2, -0.15) is 0 Å². The first-order valence-electron chi connectivity index (χ1n) is 7.93. The molecular weight excluding hydrogens is 280 g/mol. The summed E-state index contributed by atoms with van der Waals surface area (Å²) in [7, 11) is 0. The minimum Gasteiger partial charge on any atom is -0.394 e. The van der Waals surface area contributed by atoms with Gasteiger partial charge in [-0.1, -0.05) is 43.2 Å². The van der Waals surface area contributed by atoms with Crippen molar-refractivity contribution in [1.82, 2.24) is 10.6 Å². The number of rotatable bonds is 7. The highest BCUT2D eigenvalue weighted by Gasteiger charge is 2.18. The number of hydrogen-bond donors (Lipinski definition) is 3. The molecule has 1 aromatic carbocycles. The van der Waals surface area contributed by atoms with Gasteiger partial charge in [0.15, 0.2) is 0 Å². The lowest BCUT2D eigenvalue weighted by Crippen LogP contribution is -2.35. The van der Waals surface area contributed by atoms with Crippen molar-refractivity contribution >= 4 is 11.8 Å². The molecule has 5 heteroatoms. The van der Waals surface area contributed by atoms with E-state index in [-0.39, 0.29) is 37.3 Å². The van der Waals surface area contributed by atoms with Crippen molar-refractivity contribution in [2.24, 2.45) is 0 Å². The van der Waals surface area contributed by atoms with Crippen LogP contribution in [0.3, 0.4) is 0 Å². The van der Waals surface area contributed by atoms with Crippen molar-refractivity contribution < 1.29 is 14.7 Å². The van der Waals surface area contributed by atoms with Crippen LogP contribution in [0.4, 0.5) is 0 Å². The summed E-state index contributed by atoms with van der Waals surface area (Å²) in [6.07, 6.45) is 4.75. The molecule has 0 radical (unpaired) electrons. The van der Waals surface area contributed by atoms with Crippen molar-refractivity contribution in [3.63, 3.8) is 0 Å². The minimum absolute atomic E-state index is 0.0673. The molecule has 2 amide bonds. The highest BCUT2D eigenvalue weighted by molar-refractivity contribution is 5.84. The largest absolute Gasteiger partial charge is 0.394 e. The van der Waals surface area contributed by atoms with E-state index in [9.17, 15) is 14.7 Å². The minimum atomic E-state index is -0.424. The molecule has 0 bridgehead atoms. The first-order chi connectivity index (χ1) is 10.7. The van der Waals surface area contributed by atoms with E-state index >= 15 is 0 Å². The van der Waals surface area contributed by atoms with Crippen molar-refractivity contribution in [2.45, 2.75) is 50.6 Å². The molecule has 1 aliphatic rings. The second kappa shape index (κ2) is 8.54. The van der Waals surface area contributed by atoms with Crippen LogP contribution in [0.15, 0.2) is 30.3 Å². The fourth-order valence-electron chi connectivity index (χ4n) is 2.78. The maximum Gasteiger partial charge on any atom is 0.221 e. The number of nitrogens with one attached hydrogen (secondary N) is 2. The van der Waals surface area contributed by atoms with Crippen LogP contribution in [0.2, 0.25) is 0 Å². The zero-order valence-corrected chi connectivity index (χ0v) is 12.8. The van der Waals surface area contributed by atoms with Crippen molar-refractivity contribution in [3.8, 4) is 0 Å². The molecule has 1 saturated carbocycles. The topological polar surface area (TPSA) is 78.4 Å². The van der Waals surface area contributed by atoms with Crippen molar-refractivity contribution in [1.29, 1.82) is 0 Å². The van der Waals surface area contributed by atoms with Crippen LogP contribution in [0.5, 0.6) is 0 Å². The summed E-state index contributed by atoms with van der Waals surface area (Å²) in [5.74, 6) is -0.285. The summed E-state index contributed by atoms with van der Waals surface area (Å²) in [6, 6.07) is 9.17. The fraction of sp³-hybridized carbons (Fsp3) is 0.529. The predicted octanol–water partition coefficient (Wildman–Crippen LogP) is 1.68. The van der Waals surface area contributed by atoms with E-state index in [0.29, 0.717) is 0 Å². The number of aliphatic hydroxyl groups excluding tert-OH is 1. The number of carbonyl (C=O) groups is 2. The lowest BCUT2D eigenvalue weighted by molar-refractivity contribution is -0.127. The van der Waals surface area contributed by atoms with E-state index in [4.69, 9.17) is 0 Å². The molecule has 0 aromatic heterocycles. The lowest BCUT2D eigenvalue weighted by Gasteiger charge is -2.17. The Balaban J connectivity index is 1.73. The maximum absolute atomic E-state index is 11.9. The van der Waals surface area contributed by atoms with Gasteiger partial charge < -0.3 is 15.7 Å². The molecule has 0 heterocycles. The summed E-state index contributed by atoms with van der Waals surface area (Å²) in [5.41, 5.74) is 0.855. The molecular formula is C17H24N2O3. The molecule has 1 aromatic rings. The Morgan fingerprint density at radius 1 is 1.09 bits per heavy atom. The van der Waals surface area contributed by atoms with Gasteiger partial charge in [0.2, 0.25) is 11.8 Å². The van der Waals surface area contributed by atoms with Crippen LogP contribution >= 0.6 is 0 Å². The zero-order chi connectivity index (χ0) is 15.8. The van der Waals surface area contributed by atoms with E-state index in [0.717, 1.165) is 18.4 Å². The van der Waals surface area contributed by atoms with Gasteiger partial charge in [0, 0.05) is 18.9 Å². The van der Waals surface area contributed by atoms with E-state index in [1.807, 2.05) is 30.3 Å². The molecule has 22 heavy (non-hydrogen) atoms. The van der Waals surface area contributed by atoms with Crippen LogP contribution in [0, 0.1) is 0 Å². The van der Waals surface area contributed by atoms with Crippen LogP contribution in [-0.2, 0) is 9.59 Å². The number of carbonyl (C=O) groups excluding carboxylic acids is 2. The molecule has 1 fully saturated rings. The summed E-state index contributed by atoms with van der Waals surface area (Å²) in [4.78, 5) is 23.7. The molecule has 1 atom stereocenters. The Hall–Kier alpha value is -1.88. The van der Waals surface area contributed by atoms with Crippen LogP contribution in [-0.4, -0.2) is 29.6 Å². The Bertz CT molecular complexity index is 484. The van der Waals surface area contributed by atoms with Gasteiger partial charge in [0.25, 0.3) is 0 Å². The van der Waals surface area contributed by atoms with Gasteiger partial charge in [-0.25, -0.2) is 0 Å². The monoisotopic (exact) mass is 304 g/mol. The van der Waals surface area contributed by atoms with E-state index < -0.39 is 6.04 Å². The van der Waals surface area contributed by atoms with Crippen LogP contribution in [0.1, 0.15) is 50.1 Å². The molecule has 2 rings (SSSR count). The SMILES string of the molecule is O=C(CCC(=O)N[C@H](CO)c1ccccc1)NC1CCCC1. The molecule has 3 N–H and O–H groups in total. The Labute approximate surface area is 131 Å². The standard InChI is InChI=1S/C17H24N2O3/c20-12-15(13-6-2-1-3-7-13)19-17(22)11-10-16(21)18-14-8-4-5-9-14/h1-3,6-7,14-15,20H,4-5,8-12H2,(H,18,21)(H,19,22)/t15-/m1/s1. The Morgan fingerprint density at radius 3 is 2.36 bits per heavy atom. The summed E-state index contributed by atoms with van der Waals surface area (Å²) < 4.78 is 0. The second-order valence-corrected chi connectivity index (χ2v) is 5.76. The van der Waals surface area contributed by atoms with Crippen LogP contribution in [0.25, 0.3) is 0 Å². The van der Waals surface area contributed by atoms with E-state index in [1.165, 1.54) is 12.8 Å². The first-order valence-corrected chi connectivity index (χ1v) is 7.93. The molecule has 0 spiro atoms. The smallest absolute Gasteiger partial charge is 0.221 e. The Kier molecular flexibility index (Phi) is 6.40. The highest BCUT2D eigenvalue weighted by Crippen LogP contribution is 2.17. The molecule has 5 nitrogen and oxygen atoms in total. The number of amides is 2. The average Bonchev–Trinajstić information content (AvgIpc) is 3.04. The molecule has 0 unspecified atom stereocenters. The predicted molar refractivity (Wildman–Crippen MR) is 84.0 cm³/mol. The molecule has 0 aliphatic heterocycles. The molecule has 1 aliphatic carbocycles. The van der Waals surface area contributed by atoms with Gasteiger partial charge >= 0.3 is 0 Å². The lowest BCUT2D eigenvalue weighted by atomic mass is 10.1. The first kappa shape index (κ1) is 16.5. The average molecular weight is 304 g/mol. The van der Waals surface area contributed by atoms with Crippen molar-refractivity contribution in [2.75, 3.05) is 6.61 Å². The van der Waals surface area contributed by atoms with Gasteiger partial charge in [-0.3, -0.25) is 9.59 Å². The highest BCUT2D eigenvalue weighted by atomic mass is 16.3. The van der Waals surface area contributed by atoms with Gasteiger partial charge in [0.1, 0.15) is 0 Å². The third-order valence-corrected chi connectivity index (χ3v) is 4.02. The Morgan fingerprint density at radius 2 is 1.73 bits per heavy atom. The third-order valence-electron chi connectivity index (χ3n) is 4.02. The van der Waals surface area contributed by atoms with Crippen molar-refractivity contribution in [3.05, 3.63) is 35.9 Å².